The third-order valence-corrected chi connectivity index (χ3v) is 4.61. The number of hydrogen-bond acceptors (Lipinski definition) is 2. The lowest BCUT2D eigenvalue weighted by molar-refractivity contribution is -0.116. The van der Waals surface area contributed by atoms with Crippen LogP contribution in [0, 0.1) is 0 Å². The fraction of sp³-hybridized carbons (Fsp3) is 0.643. The Bertz CT molecular complexity index is 380. The number of aliphatic hydroxyl groups is 1. The van der Waals surface area contributed by atoms with Gasteiger partial charge in [-0.2, -0.15) is 0 Å². The van der Waals surface area contributed by atoms with Gasteiger partial charge in [0.2, 0.25) is 0 Å². The van der Waals surface area contributed by atoms with Gasteiger partial charge in [0.25, 0.3) is 0 Å². The highest BCUT2D eigenvalue weighted by molar-refractivity contribution is 9.11. The van der Waals surface area contributed by atoms with Crippen molar-refractivity contribution in [3.63, 3.8) is 0 Å². The minimum Gasteiger partial charge on any atom is -0.512 e. The van der Waals surface area contributed by atoms with Crippen LogP contribution in [0.1, 0.15) is 57.8 Å². The van der Waals surface area contributed by atoms with Gasteiger partial charge in [0.05, 0.1) is 5.76 Å². The van der Waals surface area contributed by atoms with Gasteiger partial charge in [-0.15, -0.1) is 0 Å². The maximum Gasteiger partial charge on any atom is 0.162 e. The molecule has 2 aliphatic carbocycles. The summed E-state index contributed by atoms with van der Waals surface area (Å²) in [4.78, 5) is 11.8. The number of rotatable bonds is 2. The molecule has 0 bridgehead atoms. The minimum absolute atomic E-state index is 0.144. The molecule has 0 unspecified atom stereocenters. The van der Waals surface area contributed by atoms with Crippen LogP contribution >= 0.6 is 15.9 Å². The van der Waals surface area contributed by atoms with Crippen molar-refractivity contribution < 1.29 is 9.90 Å². The molecule has 17 heavy (non-hydrogen) atoms. The van der Waals surface area contributed by atoms with Gasteiger partial charge in [-0.25, -0.2) is 0 Å². The standard InChI is InChI=1S/C14H19BrO2/c15-12-6-3-1-2-5-10(12)9-11-13(16)7-4-8-14(11)17/h16H,1-9H2. The van der Waals surface area contributed by atoms with Crippen LogP contribution in [0.2, 0.25) is 0 Å². The summed E-state index contributed by atoms with van der Waals surface area (Å²) >= 11 is 3.64. The Morgan fingerprint density at radius 3 is 2.53 bits per heavy atom. The first-order chi connectivity index (χ1) is 8.18. The quantitative estimate of drug-likeness (QED) is 0.812. The Balaban J connectivity index is 2.16. The monoisotopic (exact) mass is 298 g/mol. The molecule has 0 saturated carbocycles. The van der Waals surface area contributed by atoms with Crippen molar-refractivity contribution in [2.24, 2.45) is 0 Å². The molecule has 0 fully saturated rings. The topological polar surface area (TPSA) is 37.3 Å². The highest BCUT2D eigenvalue weighted by Crippen LogP contribution is 2.34. The summed E-state index contributed by atoms with van der Waals surface area (Å²) in [6.07, 6.45) is 8.56. The van der Waals surface area contributed by atoms with E-state index in [-0.39, 0.29) is 5.78 Å². The first-order valence-electron chi connectivity index (χ1n) is 6.49. The number of halogens is 1. The molecular formula is C14H19BrO2. The highest BCUT2D eigenvalue weighted by atomic mass is 79.9. The zero-order valence-corrected chi connectivity index (χ0v) is 11.7. The van der Waals surface area contributed by atoms with E-state index in [9.17, 15) is 9.90 Å². The van der Waals surface area contributed by atoms with Gasteiger partial charge in [-0.1, -0.05) is 27.9 Å². The maximum atomic E-state index is 11.8. The molecule has 0 saturated heterocycles. The summed E-state index contributed by atoms with van der Waals surface area (Å²) in [5.41, 5.74) is 1.99. The Morgan fingerprint density at radius 1 is 1.00 bits per heavy atom. The summed E-state index contributed by atoms with van der Waals surface area (Å²) in [5, 5.41) is 9.85. The van der Waals surface area contributed by atoms with Crippen LogP contribution in [0.5, 0.6) is 0 Å². The van der Waals surface area contributed by atoms with Gasteiger partial charge in [0.1, 0.15) is 0 Å². The van der Waals surface area contributed by atoms with E-state index >= 15 is 0 Å². The fourth-order valence-electron chi connectivity index (χ4n) is 2.59. The van der Waals surface area contributed by atoms with Crippen LogP contribution < -0.4 is 0 Å². The second kappa shape index (κ2) is 5.85. The van der Waals surface area contributed by atoms with E-state index in [2.05, 4.69) is 15.9 Å². The van der Waals surface area contributed by atoms with Gasteiger partial charge < -0.3 is 5.11 Å². The molecule has 0 aliphatic heterocycles. The smallest absolute Gasteiger partial charge is 0.162 e. The number of aliphatic hydroxyl groups excluding tert-OH is 1. The molecule has 2 rings (SSSR count). The fourth-order valence-corrected chi connectivity index (χ4v) is 3.20. The van der Waals surface area contributed by atoms with Crippen molar-refractivity contribution >= 4 is 21.7 Å². The number of Topliss-reactive ketones (excluding diaryl/α,β-unsaturated/α-hetero) is 1. The Kier molecular flexibility index (Phi) is 4.43. The van der Waals surface area contributed by atoms with Crippen LogP contribution in [-0.2, 0) is 4.79 Å². The molecule has 3 heteroatoms. The largest absolute Gasteiger partial charge is 0.512 e. The molecule has 0 amide bonds. The molecule has 0 spiro atoms. The molecule has 94 valence electrons. The van der Waals surface area contributed by atoms with Crippen LogP contribution in [0.15, 0.2) is 21.4 Å². The Morgan fingerprint density at radius 2 is 1.76 bits per heavy atom. The Hall–Kier alpha value is -0.570. The van der Waals surface area contributed by atoms with E-state index in [4.69, 9.17) is 0 Å². The van der Waals surface area contributed by atoms with Crippen LogP contribution in [0.3, 0.4) is 0 Å². The van der Waals surface area contributed by atoms with Crippen LogP contribution in [-0.4, -0.2) is 10.9 Å². The van der Waals surface area contributed by atoms with Crippen molar-refractivity contribution in [3.8, 4) is 0 Å². The van der Waals surface area contributed by atoms with Gasteiger partial charge in [-0.3, -0.25) is 4.79 Å². The Labute approximate surface area is 111 Å². The van der Waals surface area contributed by atoms with Crippen LogP contribution in [0.25, 0.3) is 0 Å². The number of carbonyl (C=O) groups is 1. The predicted molar refractivity (Wildman–Crippen MR) is 72.2 cm³/mol. The lowest BCUT2D eigenvalue weighted by Crippen LogP contribution is -2.12. The van der Waals surface area contributed by atoms with E-state index in [0.29, 0.717) is 30.6 Å². The van der Waals surface area contributed by atoms with E-state index < -0.39 is 0 Å². The zero-order chi connectivity index (χ0) is 12.3. The molecule has 2 aliphatic rings. The SMILES string of the molecule is O=C1CCCC(O)=C1CC1=C(Br)CCCCC1. The summed E-state index contributed by atoms with van der Waals surface area (Å²) in [5.74, 6) is 0.476. The molecule has 0 aromatic heterocycles. The third kappa shape index (κ3) is 3.21. The van der Waals surface area contributed by atoms with Crippen molar-refractivity contribution in [1.29, 1.82) is 0 Å². The van der Waals surface area contributed by atoms with Crippen molar-refractivity contribution in [3.05, 3.63) is 21.4 Å². The third-order valence-electron chi connectivity index (χ3n) is 3.65. The van der Waals surface area contributed by atoms with Gasteiger partial charge in [-0.05, 0) is 36.6 Å². The molecule has 0 heterocycles. The van der Waals surface area contributed by atoms with E-state index in [1.807, 2.05) is 0 Å². The predicted octanol–water partition coefficient (Wildman–Crippen LogP) is 4.55. The average Bonchev–Trinajstić information content (AvgIpc) is 2.49. The van der Waals surface area contributed by atoms with Gasteiger partial charge in [0, 0.05) is 24.8 Å². The highest BCUT2D eigenvalue weighted by Gasteiger charge is 2.22. The molecule has 0 radical (unpaired) electrons. The first-order valence-corrected chi connectivity index (χ1v) is 7.28. The van der Waals surface area contributed by atoms with Gasteiger partial charge >= 0.3 is 0 Å². The minimum atomic E-state index is 0.144. The average molecular weight is 299 g/mol. The van der Waals surface area contributed by atoms with Gasteiger partial charge in [0.15, 0.2) is 5.78 Å². The van der Waals surface area contributed by atoms with E-state index in [1.165, 1.54) is 29.3 Å². The summed E-state index contributed by atoms with van der Waals surface area (Å²) in [7, 11) is 0. The summed E-state index contributed by atoms with van der Waals surface area (Å²) < 4.78 is 1.26. The lowest BCUT2D eigenvalue weighted by atomic mass is 9.90. The second-order valence-electron chi connectivity index (χ2n) is 4.95. The van der Waals surface area contributed by atoms with Crippen LogP contribution in [0.4, 0.5) is 0 Å². The number of ketones is 1. The molecule has 0 aromatic carbocycles. The lowest BCUT2D eigenvalue weighted by Gasteiger charge is -2.17. The zero-order valence-electron chi connectivity index (χ0n) is 10.1. The second-order valence-corrected chi connectivity index (χ2v) is 5.91. The van der Waals surface area contributed by atoms with E-state index in [0.717, 1.165) is 19.3 Å². The summed E-state index contributed by atoms with van der Waals surface area (Å²) in [6.45, 7) is 0. The summed E-state index contributed by atoms with van der Waals surface area (Å²) in [6, 6.07) is 0. The van der Waals surface area contributed by atoms with Crippen molar-refractivity contribution in [2.45, 2.75) is 57.8 Å². The van der Waals surface area contributed by atoms with E-state index in [1.54, 1.807) is 0 Å². The maximum absolute atomic E-state index is 11.8. The molecule has 2 nitrogen and oxygen atoms in total. The number of carbonyl (C=O) groups excluding carboxylic acids is 1. The molecular weight excluding hydrogens is 280 g/mol. The molecule has 0 atom stereocenters. The molecule has 1 N–H and O–H groups in total. The number of allylic oxidation sites excluding steroid dienone is 4. The first kappa shape index (κ1) is 12.9. The molecule has 0 aromatic rings. The number of hydrogen-bond donors (Lipinski definition) is 1. The van der Waals surface area contributed by atoms with Crippen molar-refractivity contribution in [1.82, 2.24) is 0 Å². The van der Waals surface area contributed by atoms with Crippen molar-refractivity contribution in [2.75, 3.05) is 0 Å². The normalized spacial score (nSPS) is 23.0.